The summed E-state index contributed by atoms with van der Waals surface area (Å²) in [5.41, 5.74) is 0.931. The van der Waals surface area contributed by atoms with Crippen LogP contribution in [0.1, 0.15) is 24.3 Å². The maximum absolute atomic E-state index is 13.5. The number of alkyl halides is 2. The predicted octanol–water partition coefficient (Wildman–Crippen LogP) is 3.30. The number of carbonyl (C=O) groups excluding carboxylic acids is 4. The van der Waals surface area contributed by atoms with E-state index >= 15 is 0 Å². The molecule has 3 fully saturated rings. The van der Waals surface area contributed by atoms with Gasteiger partial charge in [-0.05, 0) is 62.2 Å². The van der Waals surface area contributed by atoms with Crippen molar-refractivity contribution in [1.82, 2.24) is 9.96 Å². The summed E-state index contributed by atoms with van der Waals surface area (Å²) in [6, 6.07) is 1.49. The van der Waals surface area contributed by atoms with Crippen LogP contribution >= 0.6 is 55.1 Å². The Kier molecular flexibility index (Phi) is 5.66. The zero-order chi connectivity index (χ0) is 25.8. The van der Waals surface area contributed by atoms with E-state index in [9.17, 15) is 29.5 Å². The number of likely N-dealkylation sites (tertiary alicyclic amines) is 1. The van der Waals surface area contributed by atoms with Gasteiger partial charge in [0.25, 0.3) is 23.6 Å². The van der Waals surface area contributed by atoms with Crippen LogP contribution in [0, 0.1) is 17.8 Å². The van der Waals surface area contributed by atoms with Crippen LogP contribution in [0.25, 0.3) is 0 Å². The number of imide groups is 2. The van der Waals surface area contributed by atoms with Crippen LogP contribution in [0.3, 0.4) is 0 Å². The molecule has 1 aromatic carbocycles. The first-order valence-corrected chi connectivity index (χ1v) is 12.9. The summed E-state index contributed by atoms with van der Waals surface area (Å²) in [6.45, 7) is 0. The Morgan fingerprint density at radius 3 is 2.37 bits per heavy atom. The number of aromatic hydroxyl groups is 1. The van der Waals surface area contributed by atoms with E-state index in [2.05, 4.69) is 31.9 Å². The molecule has 9 nitrogen and oxygen atoms in total. The van der Waals surface area contributed by atoms with E-state index in [-0.39, 0.29) is 33.9 Å². The van der Waals surface area contributed by atoms with E-state index in [1.807, 2.05) is 0 Å². The van der Waals surface area contributed by atoms with E-state index in [0.29, 0.717) is 15.6 Å². The minimum absolute atomic E-state index is 0.0747. The zero-order valence-corrected chi connectivity index (χ0v) is 22.9. The Morgan fingerprint density at radius 1 is 1.09 bits per heavy atom. The van der Waals surface area contributed by atoms with Crippen molar-refractivity contribution in [2.45, 2.75) is 28.5 Å². The van der Waals surface area contributed by atoms with Crippen LogP contribution in [0.2, 0.25) is 0 Å². The number of carbonyl (C=O) groups is 4. The number of hydrogen-bond donors (Lipinski definition) is 2. The van der Waals surface area contributed by atoms with Crippen molar-refractivity contribution in [1.29, 1.82) is 0 Å². The second-order valence-electron chi connectivity index (χ2n) is 9.13. The lowest BCUT2D eigenvalue weighted by atomic mass is 9.56. The largest absolute Gasteiger partial charge is 0.503 e. The number of hydrogen-bond acceptors (Lipinski definition) is 7. The molecule has 0 aromatic heterocycles. The van der Waals surface area contributed by atoms with Crippen molar-refractivity contribution in [2.24, 2.45) is 17.8 Å². The molecule has 2 aliphatic heterocycles. The molecule has 0 spiro atoms. The van der Waals surface area contributed by atoms with Crippen molar-refractivity contribution >= 4 is 78.7 Å². The maximum atomic E-state index is 13.5. The summed E-state index contributed by atoms with van der Waals surface area (Å²) in [7, 11) is 2.64. The molecule has 0 radical (unpaired) electrons. The van der Waals surface area contributed by atoms with Crippen LogP contribution in [-0.2, 0) is 19.2 Å². The number of rotatable bonds is 2. The fourth-order valence-electron chi connectivity index (χ4n) is 6.05. The molecule has 1 saturated carbocycles. The van der Waals surface area contributed by atoms with Gasteiger partial charge < -0.3 is 9.84 Å². The molecular weight excluding hydrogens is 635 g/mol. The van der Waals surface area contributed by atoms with Gasteiger partial charge in [0.1, 0.15) is 0 Å². The molecule has 35 heavy (non-hydrogen) atoms. The van der Waals surface area contributed by atoms with Gasteiger partial charge in [-0.15, -0.1) is 23.2 Å². The Labute approximate surface area is 226 Å². The SMILES string of the molecule is COc1cc(C2C3=CCC4C(=O)N(O)C(=O)C4C3CC3(Cl)C(=O)N(C)C(=O)C23Cl)c(Br)c(Br)c1O. The van der Waals surface area contributed by atoms with Gasteiger partial charge in [0.15, 0.2) is 21.2 Å². The highest BCUT2D eigenvalue weighted by molar-refractivity contribution is 9.13. The maximum Gasteiger partial charge on any atom is 0.257 e. The van der Waals surface area contributed by atoms with Crippen molar-refractivity contribution in [3.05, 3.63) is 32.2 Å². The van der Waals surface area contributed by atoms with E-state index in [1.54, 1.807) is 6.08 Å². The van der Waals surface area contributed by atoms with Gasteiger partial charge >= 0.3 is 0 Å². The molecule has 4 amide bonds. The lowest BCUT2D eigenvalue weighted by Gasteiger charge is -2.51. The lowest BCUT2D eigenvalue weighted by molar-refractivity contribution is -0.173. The van der Waals surface area contributed by atoms with Crippen LogP contribution in [0.4, 0.5) is 0 Å². The number of phenols is 1. The number of hydroxylamine groups is 2. The monoisotopic (exact) mass is 650 g/mol. The number of amides is 4. The second-order valence-corrected chi connectivity index (χ2v) is 12.0. The molecule has 1 aromatic rings. The highest BCUT2D eigenvalue weighted by Gasteiger charge is 2.76. The van der Waals surface area contributed by atoms with Gasteiger partial charge in [0.05, 0.1) is 23.4 Å². The van der Waals surface area contributed by atoms with Gasteiger partial charge in [-0.25, -0.2) is 0 Å². The third kappa shape index (κ3) is 2.90. The molecule has 4 aliphatic rings. The molecule has 2 heterocycles. The molecular formula is C22H18Br2Cl2N2O7. The van der Waals surface area contributed by atoms with E-state index in [0.717, 1.165) is 4.90 Å². The van der Waals surface area contributed by atoms with Gasteiger partial charge in [-0.1, -0.05) is 11.6 Å². The molecule has 6 unspecified atom stereocenters. The summed E-state index contributed by atoms with van der Waals surface area (Å²) >= 11 is 20.9. The summed E-state index contributed by atoms with van der Waals surface area (Å²) in [5, 5.41) is 20.6. The Bertz CT molecular complexity index is 1270. The minimum Gasteiger partial charge on any atom is -0.503 e. The summed E-state index contributed by atoms with van der Waals surface area (Å²) < 4.78 is 5.87. The first-order valence-electron chi connectivity index (χ1n) is 10.5. The lowest BCUT2D eigenvalue weighted by Crippen LogP contribution is -2.60. The topological polar surface area (TPSA) is 124 Å². The normalized spacial score (nSPS) is 36.3. The molecule has 2 N–H and O–H groups in total. The average molecular weight is 653 g/mol. The van der Waals surface area contributed by atoms with Gasteiger partial charge in [-0.2, -0.15) is 5.06 Å². The van der Waals surface area contributed by atoms with Crippen molar-refractivity contribution in [3.63, 3.8) is 0 Å². The molecule has 5 rings (SSSR count). The predicted molar refractivity (Wildman–Crippen MR) is 129 cm³/mol. The number of ether oxygens (including phenoxy) is 1. The molecule has 2 aliphatic carbocycles. The molecule has 6 atom stereocenters. The molecule has 2 saturated heterocycles. The summed E-state index contributed by atoms with van der Waals surface area (Å²) in [5.74, 6) is -6.66. The number of methoxy groups -OCH3 is 1. The Balaban J connectivity index is 1.81. The number of allylic oxidation sites excluding steroid dienone is 2. The van der Waals surface area contributed by atoms with Crippen molar-refractivity contribution < 1.29 is 34.2 Å². The number of benzene rings is 1. The quantitative estimate of drug-likeness (QED) is 0.218. The number of nitrogens with zero attached hydrogens (tertiary/aromatic N) is 2. The van der Waals surface area contributed by atoms with Gasteiger partial charge in [0.2, 0.25) is 0 Å². The average Bonchev–Trinajstić information content (AvgIpc) is 3.13. The number of fused-ring (bicyclic) bond motifs is 4. The first kappa shape index (κ1) is 25.0. The van der Waals surface area contributed by atoms with E-state index < -0.39 is 57.0 Å². The molecule has 186 valence electrons. The van der Waals surface area contributed by atoms with E-state index in [4.69, 9.17) is 27.9 Å². The molecule has 13 heteroatoms. The highest BCUT2D eigenvalue weighted by atomic mass is 79.9. The number of halogens is 4. The standard InChI is InChI=1S/C22H18Br2Cl2N2O7/c1-27-19(32)21(25)6-10-7(3-4-8-12(10)18(31)28(34)17(8)30)13(22(21,26)20(27)33)9-5-11(35-2)16(29)15(24)14(9)23/h3,5,8,10,12-13,29,34H,4,6H2,1-2H3. The second kappa shape index (κ2) is 7.92. The number of phenolic OH excluding ortho intramolecular Hbond substituents is 1. The van der Waals surface area contributed by atoms with Crippen LogP contribution in [-0.4, -0.2) is 67.8 Å². The van der Waals surface area contributed by atoms with Crippen LogP contribution < -0.4 is 4.74 Å². The Hall–Kier alpha value is -1.66. The fraction of sp³-hybridized carbons (Fsp3) is 0.455. The zero-order valence-electron chi connectivity index (χ0n) is 18.2. The smallest absolute Gasteiger partial charge is 0.257 e. The summed E-state index contributed by atoms with van der Waals surface area (Å²) in [6.07, 6.45) is 1.68. The molecule has 0 bridgehead atoms. The third-order valence-electron chi connectivity index (χ3n) is 7.70. The Morgan fingerprint density at radius 2 is 1.74 bits per heavy atom. The first-order chi connectivity index (χ1) is 16.3. The third-order valence-corrected chi connectivity index (χ3v) is 11.3. The van der Waals surface area contributed by atoms with Crippen molar-refractivity contribution in [3.8, 4) is 11.5 Å². The van der Waals surface area contributed by atoms with Crippen LogP contribution in [0.15, 0.2) is 26.7 Å². The fourth-order valence-corrected chi connectivity index (χ4v) is 8.02. The van der Waals surface area contributed by atoms with Gasteiger partial charge in [-0.3, -0.25) is 29.3 Å². The minimum atomic E-state index is -1.98. The van der Waals surface area contributed by atoms with Gasteiger partial charge in [0, 0.05) is 17.4 Å². The highest BCUT2D eigenvalue weighted by Crippen LogP contribution is 2.66. The van der Waals surface area contributed by atoms with Crippen molar-refractivity contribution in [2.75, 3.05) is 14.2 Å². The van der Waals surface area contributed by atoms with E-state index in [1.165, 1.54) is 20.2 Å². The van der Waals surface area contributed by atoms with Crippen LogP contribution in [0.5, 0.6) is 11.5 Å². The summed E-state index contributed by atoms with van der Waals surface area (Å²) in [4.78, 5) is 49.2.